The smallest absolute Gasteiger partial charge is 0.351 e. The maximum atomic E-state index is 14.2. The van der Waals surface area contributed by atoms with Gasteiger partial charge < -0.3 is 15.5 Å². The lowest BCUT2D eigenvalue weighted by atomic mass is 9.94. The van der Waals surface area contributed by atoms with Crippen LogP contribution >= 0.6 is 0 Å². The largest absolute Gasteiger partial charge is 0.435 e. The Kier molecular flexibility index (Phi) is 10.3. The van der Waals surface area contributed by atoms with Crippen LogP contribution in [0.1, 0.15) is 57.5 Å². The van der Waals surface area contributed by atoms with Gasteiger partial charge in [0.25, 0.3) is 5.91 Å². The zero-order chi connectivity index (χ0) is 33.7. The molecule has 248 valence electrons. The normalized spacial score (nSPS) is 13.7. The highest BCUT2D eigenvalue weighted by Crippen LogP contribution is 2.36. The Hall–Kier alpha value is -4.65. The van der Waals surface area contributed by atoms with E-state index >= 15 is 0 Å². The summed E-state index contributed by atoms with van der Waals surface area (Å²) in [5.74, 6) is -2.54. The number of pyridine rings is 1. The number of benzene rings is 2. The minimum Gasteiger partial charge on any atom is -0.351 e. The number of hydrogen-bond acceptors (Lipinski definition) is 5. The average Bonchev–Trinajstić information content (AvgIpc) is 3.39. The minimum atomic E-state index is -4.66. The van der Waals surface area contributed by atoms with Crippen LogP contribution in [0.3, 0.4) is 0 Å². The predicted octanol–water partition coefficient (Wildman–Crippen LogP) is 5.51. The van der Waals surface area contributed by atoms with Gasteiger partial charge in [0.2, 0.25) is 5.91 Å². The van der Waals surface area contributed by atoms with Crippen LogP contribution in [0.5, 0.6) is 0 Å². The summed E-state index contributed by atoms with van der Waals surface area (Å²) >= 11 is 0. The van der Waals surface area contributed by atoms with Crippen LogP contribution in [0.4, 0.5) is 22.0 Å². The SMILES string of the molecule is CN(C)CCNC(=O)c1cccc(-c2cccnc2[C@H](Cc2cc(F)cc(F)c2)NC(=O)Cn2nc(C(F)(F)F)c3c2CCCC3)c1. The first-order valence-electron chi connectivity index (χ1n) is 15.3. The van der Waals surface area contributed by atoms with E-state index in [0.717, 1.165) is 22.9 Å². The van der Waals surface area contributed by atoms with E-state index in [1.165, 1.54) is 6.20 Å². The molecule has 2 N–H and O–H groups in total. The van der Waals surface area contributed by atoms with Crippen LogP contribution in [0.15, 0.2) is 60.8 Å². The molecule has 2 aromatic heterocycles. The number of carbonyl (C=O) groups is 2. The fourth-order valence-electron chi connectivity index (χ4n) is 5.85. The molecule has 0 saturated heterocycles. The molecule has 2 heterocycles. The quantitative estimate of drug-likeness (QED) is 0.208. The third kappa shape index (κ3) is 8.39. The van der Waals surface area contributed by atoms with Crippen LogP contribution in [0.2, 0.25) is 0 Å². The molecule has 0 unspecified atom stereocenters. The van der Waals surface area contributed by atoms with Gasteiger partial charge in [-0.25, -0.2) is 8.78 Å². The van der Waals surface area contributed by atoms with Crippen molar-refractivity contribution < 1.29 is 31.5 Å². The molecule has 47 heavy (non-hydrogen) atoms. The predicted molar refractivity (Wildman–Crippen MR) is 165 cm³/mol. The zero-order valence-corrected chi connectivity index (χ0v) is 26.0. The molecule has 0 spiro atoms. The number of nitrogens with zero attached hydrogens (tertiary/aromatic N) is 4. The number of halogens is 5. The van der Waals surface area contributed by atoms with Crippen LogP contribution in [-0.2, 0) is 36.8 Å². The second-order valence-electron chi connectivity index (χ2n) is 11.8. The van der Waals surface area contributed by atoms with Crippen LogP contribution in [0.25, 0.3) is 11.1 Å². The summed E-state index contributed by atoms with van der Waals surface area (Å²) in [7, 11) is 3.79. The Bertz CT molecular complexity index is 1730. The van der Waals surface area contributed by atoms with E-state index in [1.807, 2.05) is 19.0 Å². The first-order valence-corrected chi connectivity index (χ1v) is 15.3. The van der Waals surface area contributed by atoms with E-state index in [9.17, 15) is 31.5 Å². The molecule has 13 heteroatoms. The molecule has 2 amide bonds. The fourth-order valence-corrected chi connectivity index (χ4v) is 5.85. The summed E-state index contributed by atoms with van der Waals surface area (Å²) in [5.41, 5.74) is 1.63. The summed E-state index contributed by atoms with van der Waals surface area (Å²) < 4.78 is 70.8. The Balaban J connectivity index is 1.47. The number of carbonyl (C=O) groups excluding carboxylic acids is 2. The van der Waals surface area contributed by atoms with Crippen molar-refractivity contribution in [3.05, 3.63) is 106 Å². The first kappa shape index (κ1) is 33.7. The van der Waals surface area contributed by atoms with E-state index in [-0.39, 0.29) is 29.9 Å². The van der Waals surface area contributed by atoms with Crippen molar-refractivity contribution in [2.75, 3.05) is 27.2 Å². The molecular weight excluding hydrogens is 619 g/mol. The second-order valence-corrected chi connectivity index (χ2v) is 11.8. The van der Waals surface area contributed by atoms with Crippen molar-refractivity contribution in [1.29, 1.82) is 0 Å². The molecule has 0 radical (unpaired) electrons. The van der Waals surface area contributed by atoms with Gasteiger partial charge in [-0.1, -0.05) is 18.2 Å². The molecular formula is C34H35F5N6O2. The van der Waals surface area contributed by atoms with Gasteiger partial charge in [-0.05, 0) is 87.7 Å². The number of likely N-dealkylation sites (N-methyl/N-ethyl adjacent to an activating group) is 1. The van der Waals surface area contributed by atoms with Gasteiger partial charge in [0.1, 0.15) is 18.2 Å². The Morgan fingerprint density at radius 1 is 1.00 bits per heavy atom. The molecule has 5 rings (SSSR count). The minimum absolute atomic E-state index is 0.0832. The first-order chi connectivity index (χ1) is 22.4. The molecule has 1 aliphatic carbocycles. The van der Waals surface area contributed by atoms with Crippen molar-refractivity contribution in [2.24, 2.45) is 0 Å². The zero-order valence-electron chi connectivity index (χ0n) is 26.0. The second kappa shape index (κ2) is 14.4. The number of hydrogen-bond donors (Lipinski definition) is 2. The molecule has 0 aliphatic heterocycles. The Morgan fingerprint density at radius 3 is 2.47 bits per heavy atom. The van der Waals surface area contributed by atoms with Crippen molar-refractivity contribution in [1.82, 2.24) is 30.3 Å². The molecule has 4 aromatic rings. The van der Waals surface area contributed by atoms with E-state index in [1.54, 1.807) is 36.4 Å². The highest BCUT2D eigenvalue weighted by Gasteiger charge is 2.39. The Morgan fingerprint density at radius 2 is 1.74 bits per heavy atom. The number of rotatable bonds is 11. The molecule has 0 fully saturated rings. The van der Waals surface area contributed by atoms with Crippen molar-refractivity contribution in [2.45, 2.75) is 50.9 Å². The number of alkyl halides is 3. The van der Waals surface area contributed by atoms with Gasteiger partial charge in [-0.15, -0.1) is 0 Å². The average molecular weight is 655 g/mol. The van der Waals surface area contributed by atoms with Crippen molar-refractivity contribution in [3.8, 4) is 11.1 Å². The third-order valence-corrected chi connectivity index (χ3v) is 7.97. The third-order valence-electron chi connectivity index (χ3n) is 7.97. The van der Waals surface area contributed by atoms with E-state index in [4.69, 9.17) is 0 Å². The standard InChI is InChI=1S/C34H35F5N6O2/c1-44(2)14-13-41-33(47)23-8-5-7-22(18-23)26-10-6-12-40-31(26)28(17-21-15-24(35)19-25(36)16-21)42-30(46)20-45-29-11-4-3-9-27(29)32(43-45)34(37,38)39/h5-8,10,12,15-16,18-19,28H,3-4,9,11,13-14,17,20H2,1-2H3,(H,41,47)(H,42,46)/t28-/m0/s1. The van der Waals surface area contributed by atoms with Gasteiger partial charge in [0, 0.05) is 47.7 Å². The molecule has 2 aromatic carbocycles. The topological polar surface area (TPSA) is 92.2 Å². The lowest BCUT2D eigenvalue weighted by Crippen LogP contribution is -2.34. The summed E-state index contributed by atoms with van der Waals surface area (Å²) in [6, 6.07) is 12.3. The molecule has 1 atom stereocenters. The lowest BCUT2D eigenvalue weighted by Gasteiger charge is -2.22. The fraction of sp³-hybridized carbons (Fsp3) is 0.353. The number of fused-ring (bicyclic) bond motifs is 1. The van der Waals surface area contributed by atoms with Crippen LogP contribution in [0, 0.1) is 11.6 Å². The monoisotopic (exact) mass is 654 g/mol. The van der Waals surface area contributed by atoms with E-state index in [2.05, 4.69) is 20.7 Å². The number of nitrogens with one attached hydrogen (secondary N) is 2. The molecule has 0 bridgehead atoms. The summed E-state index contributed by atoms with van der Waals surface area (Å²) in [5, 5.41) is 9.49. The van der Waals surface area contributed by atoms with Crippen molar-refractivity contribution in [3.63, 3.8) is 0 Å². The highest BCUT2D eigenvalue weighted by atomic mass is 19.4. The van der Waals surface area contributed by atoms with Crippen molar-refractivity contribution >= 4 is 11.8 Å². The van der Waals surface area contributed by atoms with E-state index in [0.29, 0.717) is 60.4 Å². The molecule has 0 saturated carbocycles. The molecule has 1 aliphatic rings. The van der Waals surface area contributed by atoms with Gasteiger partial charge >= 0.3 is 6.18 Å². The highest BCUT2D eigenvalue weighted by molar-refractivity contribution is 5.95. The maximum absolute atomic E-state index is 14.2. The summed E-state index contributed by atoms with van der Waals surface area (Å²) in [4.78, 5) is 32.9. The summed E-state index contributed by atoms with van der Waals surface area (Å²) in [6.07, 6.45) is -1.38. The van der Waals surface area contributed by atoms with Gasteiger partial charge in [0.15, 0.2) is 5.69 Å². The maximum Gasteiger partial charge on any atom is 0.435 e. The van der Waals surface area contributed by atoms with Gasteiger partial charge in [-0.3, -0.25) is 19.3 Å². The van der Waals surface area contributed by atoms with E-state index < -0.39 is 42.0 Å². The lowest BCUT2D eigenvalue weighted by molar-refractivity contribution is -0.142. The van der Waals surface area contributed by atoms with Crippen LogP contribution in [-0.4, -0.2) is 58.7 Å². The number of aromatic nitrogens is 3. The Labute approximate surface area is 269 Å². The van der Waals surface area contributed by atoms with Gasteiger partial charge in [0.05, 0.1) is 11.7 Å². The summed E-state index contributed by atoms with van der Waals surface area (Å²) in [6.45, 7) is 0.604. The number of amides is 2. The molecule has 8 nitrogen and oxygen atoms in total. The van der Waals surface area contributed by atoms with Crippen LogP contribution < -0.4 is 10.6 Å². The van der Waals surface area contributed by atoms with Gasteiger partial charge in [-0.2, -0.15) is 18.3 Å².